The lowest BCUT2D eigenvalue weighted by Gasteiger charge is -2.12. The molecular weight excluding hydrogens is 342 g/mol. The second-order valence-electron chi connectivity index (χ2n) is 4.73. The molecule has 0 spiro atoms. The van der Waals surface area contributed by atoms with E-state index in [0.29, 0.717) is 5.56 Å². The lowest BCUT2D eigenvalue weighted by Crippen LogP contribution is -2.14. The van der Waals surface area contributed by atoms with Gasteiger partial charge in [0.15, 0.2) is 6.61 Å². The molecule has 0 amide bonds. The Morgan fingerprint density at radius 3 is 2.61 bits per heavy atom. The van der Waals surface area contributed by atoms with Crippen molar-refractivity contribution in [1.82, 2.24) is 0 Å². The summed E-state index contributed by atoms with van der Waals surface area (Å²) in [5.41, 5.74) is 0.783. The Balaban J connectivity index is 2.29. The summed E-state index contributed by atoms with van der Waals surface area (Å²) in [6.45, 7) is 1.14. The largest absolute Gasteiger partial charge is 0.482 e. The maximum Gasteiger partial charge on any atom is 0.341 e. The van der Waals surface area contributed by atoms with Gasteiger partial charge in [-0.2, -0.15) is 0 Å². The second kappa shape index (κ2) is 6.89. The van der Waals surface area contributed by atoms with Crippen LogP contribution in [-0.2, 0) is 14.8 Å². The van der Waals surface area contributed by atoms with Crippen molar-refractivity contribution in [1.29, 1.82) is 0 Å². The van der Waals surface area contributed by atoms with Crippen molar-refractivity contribution in [3.8, 4) is 5.75 Å². The van der Waals surface area contributed by atoms with Crippen LogP contribution < -0.4 is 9.46 Å². The topological polar surface area (TPSA) is 92.7 Å². The Bertz CT molecular complexity index is 836. The van der Waals surface area contributed by atoms with Gasteiger partial charge in [-0.15, -0.1) is 0 Å². The smallest absolute Gasteiger partial charge is 0.341 e. The van der Waals surface area contributed by atoms with E-state index in [-0.39, 0.29) is 21.4 Å². The molecule has 0 bridgehead atoms. The molecule has 0 radical (unpaired) electrons. The number of nitrogens with one attached hydrogen (secondary N) is 1. The third kappa shape index (κ3) is 4.61. The molecule has 0 aliphatic heterocycles. The molecule has 23 heavy (non-hydrogen) atoms. The molecule has 8 heteroatoms. The molecule has 2 N–H and O–H groups in total. The number of carbonyl (C=O) groups is 1. The van der Waals surface area contributed by atoms with E-state index in [4.69, 9.17) is 21.4 Å². The molecule has 2 rings (SSSR count). The number of ether oxygens (including phenoxy) is 1. The van der Waals surface area contributed by atoms with Gasteiger partial charge in [-0.25, -0.2) is 13.2 Å². The van der Waals surface area contributed by atoms with Crippen molar-refractivity contribution < 1.29 is 23.1 Å². The molecular formula is C15H14ClNO5S. The van der Waals surface area contributed by atoms with Gasteiger partial charge in [-0.05, 0) is 30.7 Å². The molecule has 0 saturated heterocycles. The molecule has 0 atom stereocenters. The number of halogens is 1. The second-order valence-corrected chi connectivity index (χ2v) is 6.82. The highest BCUT2D eigenvalue weighted by atomic mass is 35.5. The number of rotatable bonds is 6. The molecule has 0 saturated carbocycles. The van der Waals surface area contributed by atoms with Crippen molar-refractivity contribution >= 4 is 33.3 Å². The number of sulfonamides is 1. The maximum atomic E-state index is 12.4. The van der Waals surface area contributed by atoms with Crippen molar-refractivity contribution in [2.75, 3.05) is 11.3 Å². The third-order valence-electron chi connectivity index (χ3n) is 2.87. The number of aryl methyl sites for hydroxylation is 1. The van der Waals surface area contributed by atoms with E-state index in [1.807, 2.05) is 0 Å². The van der Waals surface area contributed by atoms with Gasteiger partial charge in [-0.3, -0.25) is 4.72 Å². The van der Waals surface area contributed by atoms with Gasteiger partial charge in [0.25, 0.3) is 10.0 Å². The summed E-state index contributed by atoms with van der Waals surface area (Å²) in [6.07, 6.45) is 0. The fourth-order valence-corrected chi connectivity index (χ4v) is 3.43. The Hall–Kier alpha value is -2.25. The van der Waals surface area contributed by atoms with Crippen molar-refractivity contribution in [3.05, 3.63) is 53.1 Å². The minimum atomic E-state index is -3.79. The van der Waals surface area contributed by atoms with E-state index >= 15 is 0 Å². The van der Waals surface area contributed by atoms with Gasteiger partial charge < -0.3 is 9.84 Å². The van der Waals surface area contributed by atoms with Crippen LogP contribution in [0.5, 0.6) is 5.75 Å². The van der Waals surface area contributed by atoms with Crippen LogP contribution in [0.1, 0.15) is 5.56 Å². The zero-order valence-corrected chi connectivity index (χ0v) is 13.7. The number of hydrogen-bond acceptors (Lipinski definition) is 4. The van der Waals surface area contributed by atoms with Crippen LogP contribution in [0.15, 0.2) is 47.4 Å². The molecule has 0 aliphatic carbocycles. The first-order chi connectivity index (χ1) is 10.8. The van der Waals surface area contributed by atoms with Crippen LogP contribution in [0, 0.1) is 6.92 Å². The lowest BCUT2D eigenvalue weighted by atomic mass is 10.2. The maximum absolute atomic E-state index is 12.4. The van der Waals surface area contributed by atoms with E-state index < -0.39 is 22.6 Å². The monoisotopic (exact) mass is 355 g/mol. The van der Waals surface area contributed by atoms with Crippen molar-refractivity contribution in [2.45, 2.75) is 11.8 Å². The minimum Gasteiger partial charge on any atom is -0.482 e. The minimum absolute atomic E-state index is 0.146. The Morgan fingerprint density at radius 1 is 1.26 bits per heavy atom. The van der Waals surface area contributed by atoms with E-state index in [9.17, 15) is 13.2 Å². The number of aliphatic carboxylic acids is 1. The highest BCUT2D eigenvalue weighted by Gasteiger charge is 2.17. The quantitative estimate of drug-likeness (QED) is 0.831. The first kappa shape index (κ1) is 17.1. The Morgan fingerprint density at radius 2 is 1.96 bits per heavy atom. The average molecular weight is 356 g/mol. The van der Waals surface area contributed by atoms with Crippen LogP contribution in [0.25, 0.3) is 0 Å². The zero-order chi connectivity index (χ0) is 17.0. The third-order valence-corrected chi connectivity index (χ3v) is 4.63. The normalized spacial score (nSPS) is 11.0. The molecule has 2 aromatic carbocycles. The van der Waals surface area contributed by atoms with Gasteiger partial charge in [0.2, 0.25) is 0 Å². The SMILES string of the molecule is Cc1ccccc1S(=O)(=O)Nc1cc(Cl)cc(OCC(=O)O)c1. The standard InChI is InChI=1S/C15H14ClNO5S/c1-10-4-2-3-5-14(10)23(20,21)17-12-6-11(16)7-13(8-12)22-9-15(18)19/h2-8,17H,9H2,1H3,(H,18,19). The van der Waals surface area contributed by atoms with Gasteiger partial charge in [0.05, 0.1) is 10.6 Å². The molecule has 6 nitrogen and oxygen atoms in total. The Labute approximate surface area is 138 Å². The number of carboxylic acids is 1. The summed E-state index contributed by atoms with van der Waals surface area (Å²) in [7, 11) is -3.79. The number of carboxylic acid groups (broad SMARTS) is 1. The number of anilines is 1. The summed E-state index contributed by atoms with van der Waals surface area (Å²) in [5.74, 6) is -0.991. The molecule has 0 unspecified atom stereocenters. The van der Waals surface area contributed by atoms with Gasteiger partial charge in [0.1, 0.15) is 5.75 Å². The number of benzene rings is 2. The molecule has 0 heterocycles. The van der Waals surface area contributed by atoms with E-state index in [1.165, 1.54) is 24.3 Å². The zero-order valence-electron chi connectivity index (χ0n) is 12.1. The molecule has 0 fully saturated rings. The summed E-state index contributed by atoms with van der Waals surface area (Å²) < 4.78 is 32.3. The Kier molecular flexibility index (Phi) is 5.12. The fourth-order valence-electron chi connectivity index (χ4n) is 1.92. The highest BCUT2D eigenvalue weighted by Crippen LogP contribution is 2.27. The highest BCUT2D eigenvalue weighted by molar-refractivity contribution is 7.92. The molecule has 0 aromatic heterocycles. The van der Waals surface area contributed by atoms with Crippen LogP contribution in [0.3, 0.4) is 0 Å². The summed E-state index contributed by atoms with van der Waals surface area (Å²) in [4.78, 5) is 10.7. The predicted octanol–water partition coefficient (Wildman–Crippen LogP) is 2.91. The summed E-state index contributed by atoms with van der Waals surface area (Å²) >= 11 is 5.91. The van der Waals surface area contributed by atoms with E-state index in [2.05, 4.69) is 4.72 Å². The van der Waals surface area contributed by atoms with Crippen molar-refractivity contribution in [2.24, 2.45) is 0 Å². The van der Waals surface area contributed by atoms with Gasteiger partial charge in [-0.1, -0.05) is 29.8 Å². The summed E-state index contributed by atoms with van der Waals surface area (Å²) in [6, 6.07) is 10.7. The molecule has 0 aliphatic rings. The summed E-state index contributed by atoms with van der Waals surface area (Å²) in [5, 5.41) is 8.83. The fraction of sp³-hybridized carbons (Fsp3) is 0.133. The van der Waals surface area contributed by atoms with Crippen LogP contribution >= 0.6 is 11.6 Å². The van der Waals surface area contributed by atoms with Gasteiger partial charge in [0, 0.05) is 11.1 Å². The average Bonchev–Trinajstić information content (AvgIpc) is 2.44. The lowest BCUT2D eigenvalue weighted by molar-refractivity contribution is -0.139. The van der Waals surface area contributed by atoms with E-state index in [0.717, 1.165) is 0 Å². The van der Waals surface area contributed by atoms with Crippen LogP contribution in [0.2, 0.25) is 5.02 Å². The van der Waals surface area contributed by atoms with Gasteiger partial charge >= 0.3 is 5.97 Å². The van der Waals surface area contributed by atoms with Crippen LogP contribution in [0.4, 0.5) is 5.69 Å². The molecule has 122 valence electrons. The van der Waals surface area contributed by atoms with Crippen LogP contribution in [-0.4, -0.2) is 26.1 Å². The predicted molar refractivity (Wildman–Crippen MR) is 86.6 cm³/mol. The van der Waals surface area contributed by atoms with Crippen molar-refractivity contribution in [3.63, 3.8) is 0 Å². The van der Waals surface area contributed by atoms with E-state index in [1.54, 1.807) is 25.1 Å². The first-order valence-corrected chi connectivity index (χ1v) is 8.38. The first-order valence-electron chi connectivity index (χ1n) is 6.51. The molecule has 2 aromatic rings. The number of hydrogen-bond donors (Lipinski definition) is 2.